The van der Waals surface area contributed by atoms with Crippen molar-refractivity contribution in [3.05, 3.63) is 75.1 Å². The summed E-state index contributed by atoms with van der Waals surface area (Å²) in [5, 5.41) is 3.91. The van der Waals surface area contributed by atoms with Gasteiger partial charge in [0.25, 0.3) is 5.56 Å². The molecule has 0 saturated carbocycles. The Bertz CT molecular complexity index is 1490. The van der Waals surface area contributed by atoms with Gasteiger partial charge in [0.15, 0.2) is 10.9 Å². The number of nitrogens with zero attached hydrogens (tertiary/aromatic N) is 2. The van der Waals surface area contributed by atoms with Gasteiger partial charge in [0.1, 0.15) is 4.83 Å². The van der Waals surface area contributed by atoms with Gasteiger partial charge in [0.05, 0.1) is 11.1 Å². The third-order valence-corrected chi connectivity index (χ3v) is 7.78. The smallest absolute Gasteiger partial charge is 0.262 e. The van der Waals surface area contributed by atoms with Gasteiger partial charge in [0.2, 0.25) is 5.91 Å². The third-order valence-electron chi connectivity index (χ3n) is 5.67. The minimum atomic E-state index is -0.179. The van der Waals surface area contributed by atoms with Crippen LogP contribution in [0.1, 0.15) is 34.0 Å². The molecule has 0 unspecified atom stereocenters. The number of thioether (sulfide) groups is 1. The van der Waals surface area contributed by atoms with Crippen molar-refractivity contribution in [2.45, 2.75) is 32.9 Å². The molecule has 0 aliphatic carbocycles. The summed E-state index contributed by atoms with van der Waals surface area (Å²) in [7, 11) is 1.68. The zero-order chi connectivity index (χ0) is 24.6. The van der Waals surface area contributed by atoms with Crippen molar-refractivity contribution in [3.8, 4) is 10.4 Å². The molecule has 174 valence electrons. The van der Waals surface area contributed by atoms with Gasteiger partial charge in [0, 0.05) is 30.1 Å². The first-order valence-electron chi connectivity index (χ1n) is 10.8. The Hall–Kier alpha value is -3.23. The molecular weight excluding hydrogens is 466 g/mol. The van der Waals surface area contributed by atoms with Gasteiger partial charge in [-0.1, -0.05) is 48.2 Å². The van der Waals surface area contributed by atoms with Crippen LogP contribution in [0.15, 0.2) is 52.4 Å². The molecule has 1 N–H and O–H groups in total. The van der Waals surface area contributed by atoms with E-state index < -0.39 is 0 Å². The molecule has 8 heteroatoms. The molecule has 0 saturated heterocycles. The second-order valence-corrected chi connectivity index (χ2v) is 10.2. The van der Waals surface area contributed by atoms with Crippen molar-refractivity contribution in [1.29, 1.82) is 0 Å². The lowest BCUT2D eigenvalue weighted by Gasteiger charge is -2.17. The molecule has 6 nitrogen and oxygen atoms in total. The monoisotopic (exact) mass is 491 g/mol. The van der Waals surface area contributed by atoms with Crippen LogP contribution >= 0.6 is 23.1 Å². The predicted octanol–water partition coefficient (Wildman–Crippen LogP) is 5.52. The summed E-state index contributed by atoms with van der Waals surface area (Å²) in [4.78, 5) is 44.2. The van der Waals surface area contributed by atoms with E-state index in [1.165, 1.54) is 34.6 Å². The van der Waals surface area contributed by atoms with E-state index in [1.54, 1.807) is 7.05 Å². The molecule has 0 radical (unpaired) electrons. The van der Waals surface area contributed by atoms with E-state index in [-0.39, 0.29) is 23.0 Å². The average molecular weight is 492 g/mol. The lowest BCUT2D eigenvalue weighted by atomic mass is 9.95. The van der Waals surface area contributed by atoms with E-state index in [9.17, 15) is 14.4 Å². The second-order valence-electron chi connectivity index (χ2n) is 8.23. The van der Waals surface area contributed by atoms with E-state index in [0.29, 0.717) is 26.6 Å². The lowest BCUT2D eigenvalue weighted by molar-refractivity contribution is -0.114. The zero-order valence-electron chi connectivity index (χ0n) is 19.7. The number of ketones is 1. The molecule has 2 heterocycles. The molecule has 2 aromatic heterocycles. The number of nitrogens with one attached hydrogen (secondary N) is 1. The highest BCUT2D eigenvalue weighted by Crippen LogP contribution is 2.33. The Kier molecular flexibility index (Phi) is 6.72. The Morgan fingerprint density at radius 2 is 1.79 bits per heavy atom. The number of benzene rings is 2. The van der Waals surface area contributed by atoms with Crippen LogP contribution in [0.4, 0.5) is 5.69 Å². The minimum absolute atomic E-state index is 0.0721. The number of carbonyl (C=O) groups excluding carboxylic acids is 2. The summed E-state index contributed by atoms with van der Waals surface area (Å²) in [6.45, 7) is 7.10. The number of thiophene rings is 1. The van der Waals surface area contributed by atoms with Crippen LogP contribution in [0.25, 0.3) is 20.7 Å². The van der Waals surface area contributed by atoms with Crippen molar-refractivity contribution in [1.82, 2.24) is 9.55 Å². The van der Waals surface area contributed by atoms with E-state index in [2.05, 4.69) is 5.32 Å². The number of aromatic nitrogens is 2. The van der Waals surface area contributed by atoms with Gasteiger partial charge in [-0.05, 0) is 49.1 Å². The Labute approximate surface area is 206 Å². The zero-order valence-corrected chi connectivity index (χ0v) is 21.3. The molecule has 4 aromatic rings. The molecule has 0 spiro atoms. The van der Waals surface area contributed by atoms with Gasteiger partial charge in [-0.3, -0.25) is 19.0 Å². The lowest BCUT2D eigenvalue weighted by Crippen LogP contribution is -2.20. The van der Waals surface area contributed by atoms with Gasteiger partial charge in [-0.2, -0.15) is 0 Å². The second kappa shape index (κ2) is 9.56. The van der Waals surface area contributed by atoms with Crippen LogP contribution in [0.2, 0.25) is 0 Å². The van der Waals surface area contributed by atoms with Crippen LogP contribution < -0.4 is 10.9 Å². The summed E-state index contributed by atoms with van der Waals surface area (Å²) >= 11 is 2.72. The van der Waals surface area contributed by atoms with Crippen molar-refractivity contribution in [2.24, 2.45) is 7.05 Å². The highest BCUT2D eigenvalue weighted by Gasteiger charge is 2.20. The highest BCUT2D eigenvalue weighted by atomic mass is 32.2. The molecule has 0 fully saturated rings. The van der Waals surface area contributed by atoms with Crippen LogP contribution in [0.3, 0.4) is 0 Å². The van der Waals surface area contributed by atoms with Crippen molar-refractivity contribution in [2.75, 3.05) is 11.1 Å². The Morgan fingerprint density at radius 3 is 2.47 bits per heavy atom. The predicted molar refractivity (Wildman–Crippen MR) is 140 cm³/mol. The maximum atomic E-state index is 13.2. The highest BCUT2D eigenvalue weighted by molar-refractivity contribution is 7.99. The van der Waals surface area contributed by atoms with Gasteiger partial charge in [-0.25, -0.2) is 4.98 Å². The number of aryl methyl sites for hydroxylation is 2. The van der Waals surface area contributed by atoms with Crippen molar-refractivity contribution >= 4 is 50.7 Å². The normalized spacial score (nSPS) is 11.1. The number of rotatable bonds is 6. The van der Waals surface area contributed by atoms with E-state index >= 15 is 0 Å². The first kappa shape index (κ1) is 23.9. The van der Waals surface area contributed by atoms with Crippen LogP contribution in [0.5, 0.6) is 0 Å². The molecule has 2 aromatic carbocycles. The molecule has 1 amide bonds. The van der Waals surface area contributed by atoms with Crippen LogP contribution in [-0.2, 0) is 11.8 Å². The van der Waals surface area contributed by atoms with Gasteiger partial charge in [-0.15, -0.1) is 11.3 Å². The number of carbonyl (C=O) groups is 2. The van der Waals surface area contributed by atoms with Crippen molar-refractivity contribution < 1.29 is 9.59 Å². The molecule has 0 bridgehead atoms. The quantitative estimate of drug-likeness (QED) is 0.218. The maximum Gasteiger partial charge on any atom is 0.262 e. The summed E-state index contributed by atoms with van der Waals surface area (Å²) < 4.78 is 1.50. The van der Waals surface area contributed by atoms with E-state index in [0.717, 1.165) is 27.1 Å². The van der Waals surface area contributed by atoms with Crippen LogP contribution in [0, 0.1) is 20.8 Å². The number of fused-ring (bicyclic) bond motifs is 1. The fourth-order valence-electron chi connectivity index (χ4n) is 4.11. The third kappa shape index (κ3) is 4.56. The van der Waals surface area contributed by atoms with Gasteiger partial charge < -0.3 is 5.32 Å². The average Bonchev–Trinajstić information content (AvgIpc) is 3.23. The number of anilines is 1. The molecule has 4 rings (SSSR count). The van der Waals surface area contributed by atoms with Crippen molar-refractivity contribution in [3.63, 3.8) is 0 Å². The van der Waals surface area contributed by atoms with Gasteiger partial charge >= 0.3 is 0 Å². The SMILES string of the molecule is CC(=O)Nc1c(C)cc(C)c(C(=O)CSc2nc3sc(-c4ccccc4)cc3c(=O)n2C)c1C. The maximum absolute atomic E-state index is 13.2. The fourth-order valence-corrected chi connectivity index (χ4v) is 6.03. The standard InChI is InChI=1S/C26H25N3O3S2/c1-14-11-15(2)23(27-17(4)30)16(3)22(14)20(31)13-33-26-28-24-19(25(32)29(26)5)12-21(34-24)18-9-7-6-8-10-18/h6-12H,13H2,1-5H3,(H,27,30). The molecule has 0 aliphatic rings. The molecule has 0 atom stereocenters. The number of hydrogen-bond donors (Lipinski definition) is 1. The first-order chi connectivity index (χ1) is 16.2. The summed E-state index contributed by atoms with van der Waals surface area (Å²) in [5.41, 5.74) is 4.70. The summed E-state index contributed by atoms with van der Waals surface area (Å²) in [6, 6.07) is 13.7. The molecular formula is C26H25N3O3S2. The first-order valence-corrected chi connectivity index (χ1v) is 12.6. The topological polar surface area (TPSA) is 81.1 Å². The number of hydrogen-bond acceptors (Lipinski definition) is 6. The number of amides is 1. The van der Waals surface area contributed by atoms with E-state index in [1.807, 2.05) is 63.2 Å². The largest absolute Gasteiger partial charge is 0.326 e. The Balaban J connectivity index is 1.64. The summed E-state index contributed by atoms with van der Waals surface area (Å²) in [5.74, 6) is -0.120. The Morgan fingerprint density at radius 1 is 1.09 bits per heavy atom. The van der Waals surface area contributed by atoms with Crippen LogP contribution in [-0.4, -0.2) is 27.0 Å². The van der Waals surface area contributed by atoms with E-state index in [4.69, 9.17) is 4.98 Å². The summed E-state index contributed by atoms with van der Waals surface area (Å²) in [6.07, 6.45) is 0. The fraction of sp³-hybridized carbons (Fsp3) is 0.231. The molecule has 34 heavy (non-hydrogen) atoms. The minimum Gasteiger partial charge on any atom is -0.326 e. The molecule has 0 aliphatic heterocycles. The number of Topliss-reactive ketones (excluding diaryl/α,β-unsaturated/α-hetero) is 1.